The maximum absolute atomic E-state index is 12.1. The number of esters is 1. The molecule has 8 heteroatoms. The van der Waals surface area contributed by atoms with Crippen LogP contribution in [-0.2, 0) is 8.53 Å². The number of nitrogens with one attached hydrogen (secondary N) is 1. The zero-order valence-electron chi connectivity index (χ0n) is 17.0. The van der Waals surface area contributed by atoms with Crippen LogP contribution in [0.4, 0.5) is 0 Å². The molecule has 0 heterocycles. The Morgan fingerprint density at radius 2 is 1.81 bits per heavy atom. The van der Waals surface area contributed by atoms with Crippen LogP contribution in [0.1, 0.15) is 45.6 Å². The van der Waals surface area contributed by atoms with Crippen molar-refractivity contribution >= 4 is 46.8 Å². The monoisotopic (exact) mass is 475 g/mol. The van der Waals surface area contributed by atoms with E-state index in [2.05, 4.69) is 5.32 Å². The normalized spacial score (nSPS) is 11.7. The van der Waals surface area contributed by atoms with Crippen molar-refractivity contribution in [2.75, 3.05) is 13.2 Å². The number of ether oxygens (including phenoxy) is 1. The minimum atomic E-state index is -1.54. The number of aryl methyl sites for hydroxylation is 1. The molecule has 0 fully saturated rings. The second-order valence-electron chi connectivity index (χ2n) is 6.78. The van der Waals surface area contributed by atoms with Gasteiger partial charge in [0.25, 0.3) is 0 Å². The number of hydrogen-bond donors (Lipinski definition) is 1. The van der Waals surface area contributed by atoms with Gasteiger partial charge in [-0.2, -0.15) is 10.5 Å². The lowest BCUT2D eigenvalue weighted by Gasteiger charge is -2.16. The molecule has 1 atom stereocenters. The van der Waals surface area contributed by atoms with Crippen LogP contribution in [0.15, 0.2) is 48.0 Å². The first kappa shape index (κ1) is 24.7. The molecule has 0 aliphatic rings. The second kappa shape index (κ2) is 11.2. The van der Waals surface area contributed by atoms with E-state index in [-0.39, 0.29) is 18.2 Å². The van der Waals surface area contributed by atoms with Gasteiger partial charge in [-0.3, -0.25) is 0 Å². The highest BCUT2D eigenvalue weighted by Gasteiger charge is 2.22. The van der Waals surface area contributed by atoms with Crippen molar-refractivity contribution < 1.29 is 9.53 Å². The summed E-state index contributed by atoms with van der Waals surface area (Å²) in [6.45, 7) is 4.58. The molecule has 0 saturated carbocycles. The Balaban J connectivity index is 1.87. The predicted octanol–water partition coefficient (Wildman–Crippen LogP) is 5.76. The smallest absolute Gasteiger partial charge is 0.338 e. The van der Waals surface area contributed by atoms with E-state index in [1.54, 1.807) is 30.3 Å². The molecule has 2 aromatic carbocycles. The summed E-state index contributed by atoms with van der Waals surface area (Å²) in [7, 11) is 0. The standard InChI is InChI=1S/C23H20Cl3N3O2/c1-15-11-20(4-3-19(15)12-17(13-27)14-28)16(2)29-9-10-31-22(30)18-5-7-21(8-6-18)23(24,25)26/h3-8,11-12,16,29H,9-10H2,1-2H3. The quantitative estimate of drug-likeness (QED) is 0.238. The lowest BCUT2D eigenvalue weighted by molar-refractivity contribution is 0.0506. The predicted molar refractivity (Wildman–Crippen MR) is 123 cm³/mol. The molecule has 0 bridgehead atoms. The van der Waals surface area contributed by atoms with Crippen molar-refractivity contribution in [1.29, 1.82) is 10.5 Å². The van der Waals surface area contributed by atoms with Gasteiger partial charge in [-0.25, -0.2) is 4.79 Å². The summed E-state index contributed by atoms with van der Waals surface area (Å²) in [6, 6.07) is 15.8. The zero-order chi connectivity index (χ0) is 23.0. The number of carbonyl (C=O) groups is 1. The largest absolute Gasteiger partial charge is 0.461 e. The molecule has 2 rings (SSSR count). The molecule has 0 aliphatic carbocycles. The number of carbonyl (C=O) groups excluding carboxylic acids is 1. The SMILES string of the molecule is Cc1cc(C(C)NCCOC(=O)c2ccc(C(Cl)(Cl)Cl)cc2)ccc1C=C(C#N)C#N. The van der Waals surface area contributed by atoms with Crippen LogP contribution >= 0.6 is 34.8 Å². The van der Waals surface area contributed by atoms with Gasteiger partial charge in [-0.1, -0.05) is 65.1 Å². The first-order valence-electron chi connectivity index (χ1n) is 9.36. The van der Waals surface area contributed by atoms with E-state index in [4.69, 9.17) is 50.1 Å². The lowest BCUT2D eigenvalue weighted by Crippen LogP contribution is -2.24. The van der Waals surface area contributed by atoms with Crippen molar-refractivity contribution in [1.82, 2.24) is 5.32 Å². The number of nitrogens with zero attached hydrogens (tertiary/aromatic N) is 2. The van der Waals surface area contributed by atoms with Crippen LogP contribution in [-0.4, -0.2) is 19.1 Å². The summed E-state index contributed by atoms with van der Waals surface area (Å²) in [5, 5.41) is 21.1. The Morgan fingerprint density at radius 1 is 1.16 bits per heavy atom. The van der Waals surface area contributed by atoms with Crippen LogP contribution in [0, 0.1) is 29.6 Å². The second-order valence-corrected chi connectivity index (χ2v) is 9.07. The molecular weight excluding hydrogens is 457 g/mol. The number of allylic oxidation sites excluding steroid dienone is 1. The lowest BCUT2D eigenvalue weighted by atomic mass is 10.00. The average molecular weight is 477 g/mol. The summed E-state index contributed by atoms with van der Waals surface area (Å²) in [5.41, 5.74) is 3.73. The number of alkyl halides is 3. The minimum Gasteiger partial charge on any atom is -0.461 e. The molecule has 0 radical (unpaired) electrons. The molecule has 0 amide bonds. The van der Waals surface area contributed by atoms with Gasteiger partial charge in [0.05, 0.1) is 5.56 Å². The number of hydrogen-bond acceptors (Lipinski definition) is 5. The third-order valence-electron chi connectivity index (χ3n) is 4.57. The molecule has 0 saturated heterocycles. The molecule has 160 valence electrons. The van der Waals surface area contributed by atoms with Crippen LogP contribution < -0.4 is 5.32 Å². The summed E-state index contributed by atoms with van der Waals surface area (Å²) in [4.78, 5) is 12.1. The summed E-state index contributed by atoms with van der Waals surface area (Å²) < 4.78 is 3.74. The fraction of sp³-hybridized carbons (Fsp3) is 0.261. The summed E-state index contributed by atoms with van der Waals surface area (Å²) in [6.07, 6.45) is 1.57. The van der Waals surface area contributed by atoms with E-state index in [1.165, 1.54) is 0 Å². The van der Waals surface area contributed by atoms with Crippen molar-refractivity contribution in [3.63, 3.8) is 0 Å². The molecule has 2 aromatic rings. The van der Waals surface area contributed by atoms with Gasteiger partial charge < -0.3 is 10.1 Å². The van der Waals surface area contributed by atoms with E-state index in [0.29, 0.717) is 17.7 Å². The van der Waals surface area contributed by atoms with E-state index in [1.807, 2.05) is 44.2 Å². The molecule has 1 N–H and O–H groups in total. The highest BCUT2D eigenvalue weighted by Crippen LogP contribution is 2.38. The zero-order valence-corrected chi connectivity index (χ0v) is 19.2. The molecule has 0 spiro atoms. The van der Waals surface area contributed by atoms with Gasteiger partial charge in [0.15, 0.2) is 0 Å². The molecular formula is C23H20Cl3N3O2. The maximum atomic E-state index is 12.1. The molecule has 5 nitrogen and oxygen atoms in total. The van der Waals surface area contributed by atoms with Crippen LogP contribution in [0.25, 0.3) is 6.08 Å². The maximum Gasteiger partial charge on any atom is 0.338 e. The Kier molecular flexibility index (Phi) is 8.92. The van der Waals surface area contributed by atoms with Gasteiger partial charge >= 0.3 is 5.97 Å². The molecule has 0 aromatic heterocycles. The van der Waals surface area contributed by atoms with Crippen molar-refractivity contribution in [2.45, 2.75) is 23.7 Å². The Bertz CT molecular complexity index is 1030. The average Bonchev–Trinajstić information content (AvgIpc) is 2.75. The molecule has 31 heavy (non-hydrogen) atoms. The fourth-order valence-corrected chi connectivity index (χ4v) is 3.17. The minimum absolute atomic E-state index is 0.0189. The van der Waals surface area contributed by atoms with E-state index in [9.17, 15) is 4.79 Å². The van der Waals surface area contributed by atoms with Gasteiger partial charge in [-0.15, -0.1) is 0 Å². The van der Waals surface area contributed by atoms with E-state index >= 15 is 0 Å². The third-order valence-corrected chi connectivity index (χ3v) is 5.22. The highest BCUT2D eigenvalue weighted by atomic mass is 35.6. The van der Waals surface area contributed by atoms with Crippen LogP contribution in [0.2, 0.25) is 0 Å². The third kappa shape index (κ3) is 7.28. The number of halogens is 3. The Labute approximate surface area is 196 Å². The summed E-state index contributed by atoms with van der Waals surface area (Å²) in [5.74, 6) is -0.455. The van der Waals surface area contributed by atoms with Crippen LogP contribution in [0.5, 0.6) is 0 Å². The van der Waals surface area contributed by atoms with Gasteiger partial charge in [0, 0.05) is 18.2 Å². The topological polar surface area (TPSA) is 85.9 Å². The van der Waals surface area contributed by atoms with Crippen molar-refractivity contribution in [2.24, 2.45) is 0 Å². The van der Waals surface area contributed by atoms with Crippen LogP contribution in [0.3, 0.4) is 0 Å². The number of benzene rings is 2. The van der Waals surface area contributed by atoms with E-state index in [0.717, 1.165) is 16.7 Å². The Morgan fingerprint density at radius 3 is 2.35 bits per heavy atom. The number of nitriles is 2. The van der Waals surface area contributed by atoms with E-state index < -0.39 is 9.76 Å². The highest BCUT2D eigenvalue weighted by molar-refractivity contribution is 6.66. The Hall–Kier alpha value is -2.54. The number of rotatable bonds is 7. The van der Waals surface area contributed by atoms with Gasteiger partial charge in [0.2, 0.25) is 3.79 Å². The molecule has 1 unspecified atom stereocenters. The summed E-state index contributed by atoms with van der Waals surface area (Å²) >= 11 is 17.4. The van der Waals surface area contributed by atoms with Gasteiger partial charge in [0.1, 0.15) is 24.3 Å². The molecule has 0 aliphatic heterocycles. The fourth-order valence-electron chi connectivity index (χ4n) is 2.79. The van der Waals surface area contributed by atoms with Crippen molar-refractivity contribution in [3.8, 4) is 12.1 Å². The van der Waals surface area contributed by atoms with Crippen molar-refractivity contribution in [3.05, 3.63) is 75.9 Å². The van der Waals surface area contributed by atoms with Gasteiger partial charge in [-0.05, 0) is 48.7 Å². The first-order valence-corrected chi connectivity index (χ1v) is 10.5. The first-order chi connectivity index (χ1) is 14.7.